The SMILES string of the molecule is CC(C)N1CC(C(=O)N(Cc2ccc(-c3nnc(C(F)(F)F)o3)cc2)c2ccccc2)C1.Cl.O=C(C1CNC1)N(Cc1ccc(-c2nnc(C(F)(F)F)o2)cc1)c1ccccc1. The van der Waals surface area contributed by atoms with Crippen molar-refractivity contribution in [1.29, 1.82) is 0 Å². The highest BCUT2D eigenvalue weighted by molar-refractivity contribution is 5.96. The Morgan fingerprint density at radius 3 is 1.34 bits per heavy atom. The molecule has 326 valence electrons. The largest absolute Gasteiger partial charge is 0.470 e. The molecular formula is C43H41ClF6N8O4. The maximum absolute atomic E-state index is 13.2. The summed E-state index contributed by atoms with van der Waals surface area (Å²) in [5.41, 5.74) is 4.00. The number of nitrogens with zero attached hydrogens (tertiary/aromatic N) is 7. The first-order chi connectivity index (χ1) is 29.1. The zero-order valence-corrected chi connectivity index (χ0v) is 34.1. The highest BCUT2D eigenvalue weighted by atomic mass is 35.5. The summed E-state index contributed by atoms with van der Waals surface area (Å²) in [5, 5.41) is 16.1. The van der Waals surface area contributed by atoms with Crippen molar-refractivity contribution in [2.75, 3.05) is 36.0 Å². The molecule has 2 fully saturated rings. The minimum atomic E-state index is -4.69. The van der Waals surface area contributed by atoms with E-state index in [1.807, 2.05) is 60.7 Å². The second-order valence-corrected chi connectivity index (χ2v) is 14.8. The van der Waals surface area contributed by atoms with Crippen LogP contribution in [0.5, 0.6) is 0 Å². The van der Waals surface area contributed by atoms with Crippen molar-refractivity contribution < 1.29 is 44.8 Å². The van der Waals surface area contributed by atoms with Crippen molar-refractivity contribution >= 4 is 35.6 Å². The van der Waals surface area contributed by atoms with Gasteiger partial charge in [-0.15, -0.1) is 32.8 Å². The van der Waals surface area contributed by atoms with E-state index in [0.29, 0.717) is 43.3 Å². The predicted octanol–water partition coefficient (Wildman–Crippen LogP) is 8.56. The first-order valence-electron chi connectivity index (χ1n) is 19.3. The predicted molar refractivity (Wildman–Crippen MR) is 219 cm³/mol. The van der Waals surface area contributed by atoms with Gasteiger partial charge in [0.05, 0.1) is 24.9 Å². The fourth-order valence-electron chi connectivity index (χ4n) is 6.58. The van der Waals surface area contributed by atoms with E-state index < -0.39 is 24.1 Å². The van der Waals surface area contributed by atoms with Gasteiger partial charge in [-0.3, -0.25) is 14.5 Å². The molecule has 0 bridgehead atoms. The van der Waals surface area contributed by atoms with Crippen LogP contribution in [0.2, 0.25) is 0 Å². The Kier molecular flexibility index (Phi) is 14.1. The lowest BCUT2D eigenvalue weighted by Crippen LogP contribution is -2.56. The molecule has 0 atom stereocenters. The van der Waals surface area contributed by atoms with Crippen molar-refractivity contribution in [3.05, 3.63) is 132 Å². The lowest BCUT2D eigenvalue weighted by Gasteiger charge is -2.43. The van der Waals surface area contributed by atoms with Gasteiger partial charge in [0.2, 0.25) is 23.6 Å². The summed E-state index contributed by atoms with van der Waals surface area (Å²) < 4.78 is 85.4. The van der Waals surface area contributed by atoms with Gasteiger partial charge >= 0.3 is 24.1 Å². The Hall–Kier alpha value is -6.11. The van der Waals surface area contributed by atoms with Crippen LogP contribution in [0.1, 0.15) is 36.8 Å². The van der Waals surface area contributed by atoms with E-state index >= 15 is 0 Å². The number of para-hydroxylation sites is 2. The number of hydrogen-bond donors (Lipinski definition) is 1. The van der Waals surface area contributed by atoms with Crippen LogP contribution in [0, 0.1) is 11.8 Å². The molecule has 4 aromatic carbocycles. The number of carbonyl (C=O) groups excluding carboxylic acids is 2. The van der Waals surface area contributed by atoms with E-state index in [1.54, 1.807) is 58.3 Å². The molecule has 4 heterocycles. The number of alkyl halides is 6. The van der Waals surface area contributed by atoms with Crippen molar-refractivity contribution in [3.63, 3.8) is 0 Å². The number of aromatic nitrogens is 4. The Bertz CT molecular complexity index is 2390. The van der Waals surface area contributed by atoms with E-state index in [-0.39, 0.29) is 47.8 Å². The van der Waals surface area contributed by atoms with Gasteiger partial charge in [0.1, 0.15) is 0 Å². The second kappa shape index (κ2) is 19.3. The highest BCUT2D eigenvalue weighted by Crippen LogP contribution is 2.33. The topological polar surface area (TPSA) is 134 Å². The molecule has 0 aliphatic carbocycles. The number of rotatable bonds is 11. The van der Waals surface area contributed by atoms with E-state index in [1.165, 1.54) is 0 Å². The van der Waals surface area contributed by atoms with Gasteiger partial charge < -0.3 is 24.0 Å². The van der Waals surface area contributed by atoms with Gasteiger partial charge in [0.25, 0.3) is 0 Å². The van der Waals surface area contributed by atoms with E-state index in [4.69, 9.17) is 8.83 Å². The number of nitrogens with one attached hydrogen (secondary N) is 1. The number of likely N-dealkylation sites (tertiary alicyclic amines) is 1. The summed E-state index contributed by atoms with van der Waals surface area (Å²) in [6.07, 6.45) is -9.37. The lowest BCUT2D eigenvalue weighted by atomic mass is 9.96. The average Bonchev–Trinajstić information content (AvgIpc) is 3.91. The minimum Gasteiger partial charge on any atom is -0.413 e. The van der Waals surface area contributed by atoms with Gasteiger partial charge in [0, 0.05) is 54.7 Å². The highest BCUT2D eigenvalue weighted by Gasteiger charge is 2.40. The molecule has 6 aromatic rings. The number of amides is 2. The maximum Gasteiger partial charge on any atom is 0.470 e. The molecule has 2 aliphatic rings. The van der Waals surface area contributed by atoms with Gasteiger partial charge in [-0.2, -0.15) is 26.3 Å². The first-order valence-corrected chi connectivity index (χ1v) is 19.3. The molecule has 19 heteroatoms. The third-order valence-electron chi connectivity index (χ3n) is 10.2. The van der Waals surface area contributed by atoms with Gasteiger partial charge in [0.15, 0.2) is 0 Å². The fourth-order valence-corrected chi connectivity index (χ4v) is 6.58. The van der Waals surface area contributed by atoms with Crippen LogP contribution in [0.15, 0.2) is 118 Å². The van der Waals surface area contributed by atoms with Crippen LogP contribution in [-0.2, 0) is 35.0 Å². The molecule has 0 unspecified atom stereocenters. The van der Waals surface area contributed by atoms with Crippen molar-refractivity contribution in [1.82, 2.24) is 30.6 Å². The number of anilines is 2. The van der Waals surface area contributed by atoms with Crippen LogP contribution in [-0.4, -0.2) is 69.3 Å². The first kappa shape index (κ1) is 45.4. The van der Waals surface area contributed by atoms with Crippen LogP contribution >= 0.6 is 12.4 Å². The summed E-state index contributed by atoms with van der Waals surface area (Å²) >= 11 is 0. The zero-order valence-electron chi connectivity index (χ0n) is 33.3. The summed E-state index contributed by atoms with van der Waals surface area (Å²) in [6.45, 7) is 7.68. The molecule has 2 amide bonds. The van der Waals surface area contributed by atoms with E-state index in [2.05, 4.69) is 44.5 Å². The second-order valence-electron chi connectivity index (χ2n) is 14.8. The van der Waals surface area contributed by atoms with E-state index in [9.17, 15) is 35.9 Å². The Balaban J connectivity index is 0.000000204. The average molecular weight is 883 g/mol. The van der Waals surface area contributed by atoms with Crippen LogP contribution in [0.4, 0.5) is 37.7 Å². The Morgan fingerprint density at radius 2 is 1.02 bits per heavy atom. The summed E-state index contributed by atoms with van der Waals surface area (Å²) in [5.74, 6) is -3.21. The third-order valence-corrected chi connectivity index (χ3v) is 10.2. The van der Waals surface area contributed by atoms with Crippen molar-refractivity contribution in [2.45, 2.75) is 45.3 Å². The molecule has 12 nitrogen and oxygen atoms in total. The minimum absolute atomic E-state index is 0. The zero-order chi connectivity index (χ0) is 43.3. The van der Waals surface area contributed by atoms with Gasteiger partial charge in [-0.05, 0) is 73.5 Å². The Morgan fingerprint density at radius 1 is 0.629 bits per heavy atom. The lowest BCUT2D eigenvalue weighted by molar-refractivity contribution is -0.157. The fraction of sp³-hybridized carbons (Fsp3) is 0.302. The molecule has 2 saturated heterocycles. The number of carbonyl (C=O) groups is 2. The molecule has 8 rings (SSSR count). The molecule has 0 radical (unpaired) electrons. The Labute approximate surface area is 358 Å². The maximum atomic E-state index is 13.2. The van der Waals surface area contributed by atoms with Crippen molar-refractivity contribution in [3.8, 4) is 22.9 Å². The van der Waals surface area contributed by atoms with E-state index in [0.717, 1.165) is 35.6 Å². The molecule has 0 spiro atoms. The quantitative estimate of drug-likeness (QED) is 0.126. The standard InChI is InChI=1S/C23H23F3N4O2.C20H17F3N4O2.ClH/c1-15(2)29-13-18(14-29)21(31)30(19-6-4-3-5-7-19)12-16-8-10-17(11-9-16)20-27-28-22(32-20)23(24,25)26;21-20(22,23)19-26-25-17(29-19)14-8-6-13(7-9-14)12-27(16-4-2-1-3-5-16)18(28)15-10-24-11-15;/h3-11,15,18H,12-14H2,1-2H3;1-9,15,24H,10-12H2;1H. The summed E-state index contributed by atoms with van der Waals surface area (Å²) in [4.78, 5) is 31.8. The molecule has 2 aliphatic heterocycles. The van der Waals surface area contributed by atoms with Crippen molar-refractivity contribution in [2.24, 2.45) is 11.8 Å². The summed E-state index contributed by atoms with van der Waals surface area (Å²) in [6, 6.07) is 32.6. The van der Waals surface area contributed by atoms with Crippen LogP contribution < -0.4 is 15.1 Å². The smallest absolute Gasteiger partial charge is 0.413 e. The number of halogens is 7. The summed E-state index contributed by atoms with van der Waals surface area (Å²) in [7, 11) is 0. The molecular weight excluding hydrogens is 842 g/mol. The van der Waals surface area contributed by atoms with Crippen LogP contribution in [0.3, 0.4) is 0 Å². The van der Waals surface area contributed by atoms with Gasteiger partial charge in [-0.1, -0.05) is 60.7 Å². The molecule has 0 saturated carbocycles. The molecule has 1 N–H and O–H groups in total. The van der Waals surface area contributed by atoms with Gasteiger partial charge in [-0.25, -0.2) is 0 Å². The number of benzene rings is 4. The molecule has 62 heavy (non-hydrogen) atoms. The number of hydrogen-bond acceptors (Lipinski definition) is 10. The monoisotopic (exact) mass is 882 g/mol. The third kappa shape index (κ3) is 10.8. The molecule has 2 aromatic heterocycles. The normalized spacial score (nSPS) is 14.5. The van der Waals surface area contributed by atoms with Crippen LogP contribution in [0.25, 0.3) is 22.9 Å².